The Hall–Kier alpha value is -0.820. The largest absolute Gasteiger partial charge is 0.303 e. The van der Waals surface area contributed by atoms with E-state index in [1.807, 2.05) is 0 Å². The lowest BCUT2D eigenvalue weighted by atomic mass is 9.80. The summed E-state index contributed by atoms with van der Waals surface area (Å²) in [6.45, 7) is 8.03. The van der Waals surface area contributed by atoms with Crippen molar-refractivity contribution in [2.75, 3.05) is 13.6 Å². The Labute approximate surface area is 93.1 Å². The highest BCUT2D eigenvalue weighted by atomic mass is 15.2. The van der Waals surface area contributed by atoms with Crippen molar-refractivity contribution >= 4 is 0 Å². The molecule has 1 aliphatic rings. The molecule has 1 heteroatoms. The number of hydrogen-bond acceptors (Lipinski definition) is 1. The van der Waals surface area contributed by atoms with Gasteiger partial charge in [0.1, 0.15) is 0 Å². The number of nitrogens with zero attached hydrogens (tertiary/aromatic N) is 1. The molecule has 1 saturated heterocycles. The number of aryl methyl sites for hydroxylation is 1. The van der Waals surface area contributed by atoms with Gasteiger partial charge in [-0.1, -0.05) is 36.8 Å². The van der Waals surface area contributed by atoms with Crippen LogP contribution in [0.25, 0.3) is 0 Å². The highest BCUT2D eigenvalue weighted by Gasteiger charge is 2.37. The molecular formula is C14H21N. The summed E-state index contributed by atoms with van der Waals surface area (Å²) in [5.74, 6) is 0. The Bertz CT molecular complexity index is 329. The van der Waals surface area contributed by atoms with E-state index in [9.17, 15) is 0 Å². The molecule has 0 bridgehead atoms. The molecule has 0 amide bonds. The third kappa shape index (κ3) is 1.93. The first-order valence-corrected chi connectivity index (χ1v) is 5.79. The molecule has 1 fully saturated rings. The Morgan fingerprint density at radius 1 is 1.27 bits per heavy atom. The van der Waals surface area contributed by atoms with E-state index in [0.717, 1.165) is 0 Å². The van der Waals surface area contributed by atoms with Gasteiger partial charge in [0.15, 0.2) is 0 Å². The predicted molar refractivity (Wildman–Crippen MR) is 65.2 cm³/mol. The fourth-order valence-corrected chi connectivity index (χ4v) is 2.74. The van der Waals surface area contributed by atoms with Gasteiger partial charge < -0.3 is 4.90 Å². The van der Waals surface area contributed by atoms with E-state index in [1.54, 1.807) is 0 Å². The first-order valence-electron chi connectivity index (χ1n) is 5.79. The number of benzene rings is 1. The minimum absolute atomic E-state index is 0.349. The second-order valence-electron chi connectivity index (χ2n) is 5.39. The Morgan fingerprint density at radius 3 is 2.33 bits per heavy atom. The van der Waals surface area contributed by atoms with Gasteiger partial charge in [0.25, 0.3) is 0 Å². The SMILES string of the molecule is Cc1ccc(C2(C)CC(C)N(C)C2)cc1. The summed E-state index contributed by atoms with van der Waals surface area (Å²) in [5, 5.41) is 0. The lowest BCUT2D eigenvalue weighted by Crippen LogP contribution is -2.26. The first-order chi connectivity index (χ1) is 7.01. The van der Waals surface area contributed by atoms with Crippen molar-refractivity contribution < 1.29 is 0 Å². The number of likely N-dealkylation sites (N-methyl/N-ethyl adjacent to an activating group) is 1. The van der Waals surface area contributed by atoms with Crippen molar-refractivity contribution in [2.45, 2.75) is 38.6 Å². The highest BCUT2D eigenvalue weighted by Crippen LogP contribution is 2.36. The molecule has 1 aromatic rings. The lowest BCUT2D eigenvalue weighted by Gasteiger charge is -2.24. The van der Waals surface area contributed by atoms with Gasteiger partial charge in [-0.05, 0) is 32.9 Å². The van der Waals surface area contributed by atoms with E-state index in [0.29, 0.717) is 11.5 Å². The summed E-state index contributed by atoms with van der Waals surface area (Å²) in [4.78, 5) is 2.46. The van der Waals surface area contributed by atoms with Crippen LogP contribution in [0.1, 0.15) is 31.4 Å². The molecule has 15 heavy (non-hydrogen) atoms. The zero-order valence-electron chi connectivity index (χ0n) is 10.2. The van der Waals surface area contributed by atoms with Crippen LogP contribution in [0, 0.1) is 6.92 Å². The fraction of sp³-hybridized carbons (Fsp3) is 0.571. The van der Waals surface area contributed by atoms with Crippen LogP contribution in [0.15, 0.2) is 24.3 Å². The van der Waals surface area contributed by atoms with Crippen LogP contribution >= 0.6 is 0 Å². The van der Waals surface area contributed by atoms with Gasteiger partial charge in [0.2, 0.25) is 0 Å². The summed E-state index contributed by atoms with van der Waals surface area (Å²) in [6, 6.07) is 9.74. The molecule has 0 aromatic heterocycles. The van der Waals surface area contributed by atoms with E-state index in [4.69, 9.17) is 0 Å². The summed E-state index contributed by atoms with van der Waals surface area (Å²) >= 11 is 0. The fourth-order valence-electron chi connectivity index (χ4n) is 2.74. The van der Waals surface area contributed by atoms with Crippen molar-refractivity contribution in [2.24, 2.45) is 0 Å². The molecule has 0 N–H and O–H groups in total. The number of hydrogen-bond donors (Lipinski definition) is 0. The topological polar surface area (TPSA) is 3.24 Å². The van der Waals surface area contributed by atoms with E-state index >= 15 is 0 Å². The molecular weight excluding hydrogens is 182 g/mol. The predicted octanol–water partition coefficient (Wildman–Crippen LogP) is 2.98. The number of rotatable bonds is 1. The minimum atomic E-state index is 0.349. The molecule has 0 spiro atoms. The second-order valence-corrected chi connectivity index (χ2v) is 5.39. The summed E-state index contributed by atoms with van der Waals surface area (Å²) in [5.41, 5.74) is 3.19. The third-order valence-corrected chi connectivity index (χ3v) is 3.85. The van der Waals surface area contributed by atoms with Crippen LogP contribution in [0.2, 0.25) is 0 Å². The standard InChI is InChI=1S/C14H21N/c1-11-5-7-13(8-6-11)14(3)9-12(2)15(4)10-14/h5-8,12H,9-10H2,1-4H3. The molecule has 1 heterocycles. The summed E-state index contributed by atoms with van der Waals surface area (Å²) in [7, 11) is 2.23. The summed E-state index contributed by atoms with van der Waals surface area (Å²) < 4.78 is 0. The molecule has 1 nitrogen and oxygen atoms in total. The van der Waals surface area contributed by atoms with E-state index in [1.165, 1.54) is 24.1 Å². The molecule has 0 saturated carbocycles. The molecule has 82 valence electrons. The zero-order valence-corrected chi connectivity index (χ0v) is 10.2. The van der Waals surface area contributed by atoms with E-state index in [-0.39, 0.29) is 0 Å². The maximum Gasteiger partial charge on any atom is 0.00763 e. The molecule has 0 radical (unpaired) electrons. The molecule has 2 atom stereocenters. The van der Waals surface area contributed by atoms with Gasteiger partial charge in [0.05, 0.1) is 0 Å². The van der Waals surface area contributed by atoms with Gasteiger partial charge in [-0.3, -0.25) is 0 Å². The minimum Gasteiger partial charge on any atom is -0.303 e. The average Bonchev–Trinajstić information content (AvgIpc) is 2.43. The van der Waals surface area contributed by atoms with Crippen LogP contribution in [-0.4, -0.2) is 24.5 Å². The van der Waals surface area contributed by atoms with Crippen LogP contribution in [0.3, 0.4) is 0 Å². The highest BCUT2D eigenvalue weighted by molar-refractivity contribution is 5.30. The lowest BCUT2D eigenvalue weighted by molar-refractivity contribution is 0.322. The van der Waals surface area contributed by atoms with Gasteiger partial charge in [-0.2, -0.15) is 0 Å². The molecule has 2 unspecified atom stereocenters. The maximum absolute atomic E-state index is 2.46. The Balaban J connectivity index is 2.27. The van der Waals surface area contributed by atoms with Crippen molar-refractivity contribution in [1.82, 2.24) is 4.90 Å². The van der Waals surface area contributed by atoms with Gasteiger partial charge in [-0.15, -0.1) is 0 Å². The molecule has 2 rings (SSSR count). The van der Waals surface area contributed by atoms with Crippen molar-refractivity contribution in [3.8, 4) is 0 Å². The average molecular weight is 203 g/mol. The van der Waals surface area contributed by atoms with E-state index < -0.39 is 0 Å². The third-order valence-electron chi connectivity index (χ3n) is 3.85. The van der Waals surface area contributed by atoms with Crippen molar-refractivity contribution in [3.05, 3.63) is 35.4 Å². The molecule has 0 aliphatic carbocycles. The smallest absolute Gasteiger partial charge is 0.00763 e. The van der Waals surface area contributed by atoms with Crippen LogP contribution < -0.4 is 0 Å². The quantitative estimate of drug-likeness (QED) is 0.678. The van der Waals surface area contributed by atoms with Crippen molar-refractivity contribution in [1.29, 1.82) is 0 Å². The summed E-state index contributed by atoms with van der Waals surface area (Å²) in [6.07, 6.45) is 1.27. The number of likely N-dealkylation sites (tertiary alicyclic amines) is 1. The Kier molecular flexibility index (Phi) is 2.59. The molecule has 1 aromatic carbocycles. The van der Waals surface area contributed by atoms with Crippen LogP contribution in [-0.2, 0) is 5.41 Å². The van der Waals surface area contributed by atoms with Gasteiger partial charge >= 0.3 is 0 Å². The van der Waals surface area contributed by atoms with Crippen molar-refractivity contribution in [3.63, 3.8) is 0 Å². The zero-order chi connectivity index (χ0) is 11.1. The Morgan fingerprint density at radius 2 is 1.87 bits per heavy atom. The second kappa shape index (κ2) is 3.64. The molecule has 1 aliphatic heterocycles. The van der Waals surface area contributed by atoms with Gasteiger partial charge in [-0.25, -0.2) is 0 Å². The van der Waals surface area contributed by atoms with Crippen LogP contribution in [0.5, 0.6) is 0 Å². The van der Waals surface area contributed by atoms with Crippen LogP contribution in [0.4, 0.5) is 0 Å². The first kappa shape index (κ1) is 10.7. The monoisotopic (exact) mass is 203 g/mol. The van der Waals surface area contributed by atoms with Gasteiger partial charge in [0, 0.05) is 18.0 Å². The maximum atomic E-state index is 2.46. The van der Waals surface area contributed by atoms with E-state index in [2.05, 4.69) is 57.0 Å². The normalized spacial score (nSPS) is 32.1.